The SMILES string of the molecule is COc1ccccc1N1CCN(Cn2[nH]c(C(C)(C)C)nc2=S)CC1. The van der Waals surface area contributed by atoms with E-state index < -0.39 is 0 Å². The van der Waals surface area contributed by atoms with Crippen molar-refractivity contribution in [2.24, 2.45) is 0 Å². The van der Waals surface area contributed by atoms with Gasteiger partial charge in [0, 0.05) is 31.6 Å². The van der Waals surface area contributed by atoms with Gasteiger partial charge in [-0.1, -0.05) is 32.9 Å². The number of nitrogens with zero attached hydrogens (tertiary/aromatic N) is 4. The first-order valence-corrected chi connectivity index (χ1v) is 9.07. The molecule has 0 radical (unpaired) electrons. The second-order valence-electron chi connectivity index (χ2n) is 7.45. The van der Waals surface area contributed by atoms with Crippen LogP contribution in [-0.2, 0) is 12.1 Å². The Morgan fingerprint density at radius 2 is 1.84 bits per heavy atom. The maximum absolute atomic E-state index is 5.48. The Morgan fingerprint density at radius 1 is 1.16 bits per heavy atom. The summed E-state index contributed by atoms with van der Waals surface area (Å²) in [6, 6.07) is 8.20. The Hall–Kier alpha value is -1.86. The standard InChI is InChI=1S/C18H27N5OS/c1-18(2,3)16-19-17(25)23(20-16)13-21-9-11-22(12-10-21)14-7-5-6-8-15(14)24-4/h5-8H,9-13H2,1-4H3,(H,19,20,25). The van der Waals surface area contributed by atoms with Gasteiger partial charge in [-0.05, 0) is 24.4 Å². The van der Waals surface area contributed by atoms with E-state index in [-0.39, 0.29) is 5.41 Å². The highest BCUT2D eigenvalue weighted by Gasteiger charge is 2.22. The minimum Gasteiger partial charge on any atom is -0.495 e. The number of aromatic nitrogens is 3. The number of nitrogens with one attached hydrogen (secondary N) is 1. The molecule has 2 aromatic rings. The summed E-state index contributed by atoms with van der Waals surface area (Å²) < 4.78 is 8.07. The molecule has 0 unspecified atom stereocenters. The van der Waals surface area contributed by atoms with Gasteiger partial charge in [0.1, 0.15) is 11.6 Å². The second kappa shape index (κ2) is 7.17. The Kier molecular flexibility index (Phi) is 5.15. The zero-order valence-corrected chi connectivity index (χ0v) is 16.3. The van der Waals surface area contributed by atoms with Crippen molar-refractivity contribution in [3.05, 3.63) is 34.9 Å². The van der Waals surface area contributed by atoms with E-state index in [0.717, 1.165) is 50.1 Å². The zero-order valence-electron chi connectivity index (χ0n) is 15.5. The smallest absolute Gasteiger partial charge is 0.217 e. The van der Waals surface area contributed by atoms with Crippen LogP contribution in [0.4, 0.5) is 5.69 Å². The number of aromatic amines is 1. The van der Waals surface area contributed by atoms with Gasteiger partial charge in [0.25, 0.3) is 0 Å². The van der Waals surface area contributed by atoms with Crippen LogP contribution in [0.1, 0.15) is 26.6 Å². The number of rotatable bonds is 4. The van der Waals surface area contributed by atoms with Gasteiger partial charge in [-0.15, -0.1) is 0 Å². The van der Waals surface area contributed by atoms with Crippen LogP contribution in [0.2, 0.25) is 0 Å². The van der Waals surface area contributed by atoms with Gasteiger partial charge >= 0.3 is 0 Å². The highest BCUT2D eigenvalue weighted by molar-refractivity contribution is 7.71. The molecule has 0 atom stereocenters. The summed E-state index contributed by atoms with van der Waals surface area (Å²) in [5.41, 5.74) is 1.14. The maximum atomic E-state index is 5.48. The molecule has 2 heterocycles. The van der Waals surface area contributed by atoms with Gasteiger partial charge in [-0.3, -0.25) is 10.00 Å². The van der Waals surface area contributed by atoms with Crippen molar-refractivity contribution < 1.29 is 4.74 Å². The van der Waals surface area contributed by atoms with Crippen molar-refractivity contribution in [3.63, 3.8) is 0 Å². The summed E-state index contributed by atoms with van der Waals surface area (Å²) in [5.74, 6) is 1.87. The number of piperazine rings is 1. The topological polar surface area (TPSA) is 49.3 Å². The van der Waals surface area contributed by atoms with Crippen LogP contribution in [0.15, 0.2) is 24.3 Å². The third kappa shape index (κ3) is 4.04. The first kappa shape index (κ1) is 17.9. The number of ether oxygens (including phenoxy) is 1. The maximum Gasteiger partial charge on any atom is 0.217 e. The van der Waals surface area contributed by atoms with Crippen molar-refractivity contribution in [1.82, 2.24) is 19.7 Å². The molecule has 1 fully saturated rings. The first-order valence-electron chi connectivity index (χ1n) is 8.66. The van der Waals surface area contributed by atoms with E-state index in [9.17, 15) is 0 Å². The number of benzene rings is 1. The van der Waals surface area contributed by atoms with E-state index >= 15 is 0 Å². The third-order valence-corrected chi connectivity index (χ3v) is 4.84. The fraction of sp³-hybridized carbons (Fsp3) is 0.556. The number of hydrogen-bond acceptors (Lipinski definition) is 5. The van der Waals surface area contributed by atoms with Crippen LogP contribution in [0.25, 0.3) is 0 Å². The van der Waals surface area contributed by atoms with E-state index in [4.69, 9.17) is 17.0 Å². The molecule has 3 rings (SSSR count). The second-order valence-corrected chi connectivity index (χ2v) is 7.82. The van der Waals surface area contributed by atoms with E-state index in [1.165, 1.54) is 0 Å². The van der Waals surface area contributed by atoms with Crippen LogP contribution >= 0.6 is 12.2 Å². The van der Waals surface area contributed by atoms with Crippen LogP contribution < -0.4 is 9.64 Å². The molecular weight excluding hydrogens is 334 g/mol. The van der Waals surface area contributed by atoms with Crippen LogP contribution in [0.3, 0.4) is 0 Å². The molecule has 1 aromatic carbocycles. The molecule has 0 aliphatic carbocycles. The number of H-pyrrole nitrogens is 1. The van der Waals surface area contributed by atoms with Gasteiger partial charge in [0.05, 0.1) is 19.5 Å². The van der Waals surface area contributed by atoms with Crippen molar-refractivity contribution in [3.8, 4) is 5.75 Å². The fourth-order valence-electron chi connectivity index (χ4n) is 3.01. The Morgan fingerprint density at radius 3 is 2.44 bits per heavy atom. The quantitative estimate of drug-likeness (QED) is 0.849. The Labute approximate surface area is 154 Å². The van der Waals surface area contributed by atoms with Crippen LogP contribution in [0, 0.1) is 4.77 Å². The first-order chi connectivity index (χ1) is 11.9. The lowest BCUT2D eigenvalue weighted by atomic mass is 9.96. The van der Waals surface area contributed by atoms with Crippen LogP contribution in [-0.4, -0.2) is 53.0 Å². The number of anilines is 1. The zero-order chi connectivity index (χ0) is 18.0. The highest BCUT2D eigenvalue weighted by atomic mass is 32.1. The molecule has 6 nitrogen and oxygen atoms in total. The molecule has 1 aromatic heterocycles. The molecule has 7 heteroatoms. The van der Waals surface area contributed by atoms with Gasteiger partial charge < -0.3 is 9.64 Å². The van der Waals surface area contributed by atoms with Crippen molar-refractivity contribution in [2.45, 2.75) is 32.9 Å². The lowest BCUT2D eigenvalue weighted by Crippen LogP contribution is -2.47. The van der Waals surface area contributed by atoms with E-state index in [2.05, 4.69) is 52.8 Å². The van der Waals surface area contributed by atoms with Crippen molar-refractivity contribution in [2.75, 3.05) is 38.2 Å². The van der Waals surface area contributed by atoms with Crippen LogP contribution in [0.5, 0.6) is 5.75 Å². The molecule has 1 aliphatic rings. The van der Waals surface area contributed by atoms with Gasteiger partial charge in [0.2, 0.25) is 4.77 Å². The highest BCUT2D eigenvalue weighted by Crippen LogP contribution is 2.28. The summed E-state index contributed by atoms with van der Waals surface area (Å²) >= 11 is 5.41. The number of hydrogen-bond donors (Lipinski definition) is 1. The third-order valence-electron chi connectivity index (χ3n) is 4.53. The lowest BCUT2D eigenvalue weighted by molar-refractivity contribution is 0.193. The van der Waals surface area contributed by atoms with E-state index in [1.807, 2.05) is 16.8 Å². The Balaban J connectivity index is 1.64. The predicted octanol–water partition coefficient (Wildman–Crippen LogP) is 3.03. The number of para-hydroxylation sites is 2. The summed E-state index contributed by atoms with van der Waals surface area (Å²) in [4.78, 5) is 9.27. The minimum absolute atomic E-state index is 0.0264. The molecule has 25 heavy (non-hydrogen) atoms. The van der Waals surface area contributed by atoms with Crippen molar-refractivity contribution in [1.29, 1.82) is 0 Å². The van der Waals surface area contributed by atoms with E-state index in [0.29, 0.717) is 4.77 Å². The molecule has 0 spiro atoms. The normalized spacial score (nSPS) is 16.2. The average molecular weight is 362 g/mol. The van der Waals surface area contributed by atoms with E-state index in [1.54, 1.807) is 7.11 Å². The minimum atomic E-state index is -0.0264. The Bertz CT molecular complexity index is 768. The molecule has 0 amide bonds. The van der Waals surface area contributed by atoms with Crippen molar-refractivity contribution >= 4 is 17.9 Å². The predicted molar refractivity (Wildman–Crippen MR) is 103 cm³/mol. The fourth-order valence-corrected chi connectivity index (χ4v) is 3.20. The molecule has 1 saturated heterocycles. The summed E-state index contributed by atoms with van der Waals surface area (Å²) in [7, 11) is 1.72. The van der Waals surface area contributed by atoms with Gasteiger partial charge in [0.15, 0.2) is 0 Å². The van der Waals surface area contributed by atoms with Gasteiger partial charge in [-0.2, -0.15) is 0 Å². The largest absolute Gasteiger partial charge is 0.495 e. The monoisotopic (exact) mass is 361 g/mol. The molecule has 0 saturated carbocycles. The molecule has 1 aliphatic heterocycles. The summed E-state index contributed by atoms with van der Waals surface area (Å²) in [5, 5.41) is 3.36. The van der Waals surface area contributed by atoms with Gasteiger partial charge in [-0.25, -0.2) is 9.67 Å². The summed E-state index contributed by atoms with van der Waals surface area (Å²) in [6.45, 7) is 11.0. The average Bonchev–Trinajstić information content (AvgIpc) is 2.97. The lowest BCUT2D eigenvalue weighted by Gasteiger charge is -2.36. The molecule has 136 valence electrons. The molecular formula is C18H27N5OS. The summed E-state index contributed by atoms with van der Waals surface area (Å²) in [6.07, 6.45) is 0. The number of methoxy groups -OCH3 is 1. The molecule has 1 N–H and O–H groups in total. The molecule has 0 bridgehead atoms.